The van der Waals surface area contributed by atoms with Gasteiger partial charge in [0.05, 0.1) is 12.0 Å². The Morgan fingerprint density at radius 1 is 1.14 bits per heavy atom. The van der Waals surface area contributed by atoms with Crippen molar-refractivity contribution in [3.63, 3.8) is 0 Å². The van der Waals surface area contributed by atoms with Gasteiger partial charge in [-0.1, -0.05) is 42.2 Å². The highest BCUT2D eigenvalue weighted by atomic mass is 32.2. The van der Waals surface area contributed by atoms with E-state index in [1.165, 1.54) is 11.8 Å². The molecule has 0 radical (unpaired) electrons. The number of carbonyl (C=O) groups is 2. The first-order valence-electron chi connectivity index (χ1n) is 8.73. The standard InChI is InChI=1S/C22H23NO4S/c1-22(2,27)13-12-16-8-10-18(11-9-16)20(24)23-19(21(25)26)15-28-14-17-6-4-3-5-7-17/h3-11,19,27H,14-15H2,1-2H3,(H,23,24)(H,25,26)/p-1/t19-/m1/s1. The molecule has 6 heteroatoms. The molecule has 0 heterocycles. The van der Waals surface area contributed by atoms with Crippen LogP contribution >= 0.6 is 11.8 Å². The Labute approximate surface area is 169 Å². The van der Waals surface area contributed by atoms with Crippen molar-refractivity contribution in [3.8, 4) is 11.8 Å². The molecule has 0 aromatic heterocycles. The maximum absolute atomic E-state index is 12.3. The van der Waals surface area contributed by atoms with Crippen molar-refractivity contribution in [3.05, 3.63) is 71.3 Å². The van der Waals surface area contributed by atoms with Gasteiger partial charge in [-0.2, -0.15) is 11.8 Å². The molecule has 2 aromatic rings. The minimum Gasteiger partial charge on any atom is -0.548 e. The summed E-state index contributed by atoms with van der Waals surface area (Å²) in [5.41, 5.74) is 0.954. The van der Waals surface area contributed by atoms with Gasteiger partial charge in [-0.25, -0.2) is 0 Å². The van der Waals surface area contributed by atoms with Crippen LogP contribution in [0, 0.1) is 11.8 Å². The lowest BCUT2D eigenvalue weighted by Crippen LogP contribution is -2.49. The van der Waals surface area contributed by atoms with E-state index < -0.39 is 23.5 Å². The molecule has 1 amide bonds. The average molecular weight is 396 g/mol. The van der Waals surface area contributed by atoms with Crippen LogP contribution in [-0.4, -0.2) is 34.4 Å². The zero-order chi connectivity index (χ0) is 20.6. The lowest BCUT2D eigenvalue weighted by molar-refractivity contribution is -0.307. The summed E-state index contributed by atoms with van der Waals surface area (Å²) < 4.78 is 0. The summed E-state index contributed by atoms with van der Waals surface area (Å²) in [5.74, 6) is 4.55. The van der Waals surface area contributed by atoms with Crippen molar-refractivity contribution in [1.29, 1.82) is 0 Å². The van der Waals surface area contributed by atoms with Gasteiger partial charge in [-0.05, 0) is 43.7 Å². The molecule has 146 valence electrons. The summed E-state index contributed by atoms with van der Waals surface area (Å²) in [4.78, 5) is 23.7. The third-order valence-corrected chi connectivity index (χ3v) is 4.75. The number of benzene rings is 2. The van der Waals surface area contributed by atoms with Crippen LogP contribution in [0.3, 0.4) is 0 Å². The van der Waals surface area contributed by atoms with E-state index >= 15 is 0 Å². The molecule has 28 heavy (non-hydrogen) atoms. The highest BCUT2D eigenvalue weighted by Crippen LogP contribution is 2.13. The molecule has 0 aliphatic rings. The van der Waals surface area contributed by atoms with Crippen LogP contribution < -0.4 is 10.4 Å². The van der Waals surface area contributed by atoms with Crippen LogP contribution in [-0.2, 0) is 10.5 Å². The fraction of sp³-hybridized carbons (Fsp3) is 0.273. The fourth-order valence-corrected chi connectivity index (χ4v) is 3.21. The summed E-state index contributed by atoms with van der Waals surface area (Å²) in [6.45, 7) is 3.16. The highest BCUT2D eigenvalue weighted by Gasteiger charge is 2.15. The van der Waals surface area contributed by atoms with Crippen molar-refractivity contribution in [2.75, 3.05) is 5.75 Å². The van der Waals surface area contributed by atoms with E-state index in [0.717, 1.165) is 5.56 Å². The van der Waals surface area contributed by atoms with Crippen LogP contribution in [0.25, 0.3) is 0 Å². The maximum atomic E-state index is 12.3. The van der Waals surface area contributed by atoms with Crippen LogP contribution in [0.4, 0.5) is 0 Å². The molecule has 0 saturated heterocycles. The minimum atomic E-state index is -1.32. The van der Waals surface area contributed by atoms with Crippen molar-refractivity contribution in [1.82, 2.24) is 5.32 Å². The molecule has 5 nitrogen and oxygen atoms in total. The molecule has 2 N–H and O–H groups in total. The first-order chi connectivity index (χ1) is 13.2. The fourth-order valence-electron chi connectivity index (χ4n) is 2.21. The summed E-state index contributed by atoms with van der Waals surface area (Å²) in [7, 11) is 0. The second kappa shape index (κ2) is 9.98. The second-order valence-corrected chi connectivity index (χ2v) is 7.76. The Morgan fingerprint density at radius 3 is 2.36 bits per heavy atom. The minimum absolute atomic E-state index is 0.206. The molecule has 0 unspecified atom stereocenters. The van der Waals surface area contributed by atoms with Crippen LogP contribution in [0.1, 0.15) is 35.3 Å². The first kappa shape index (κ1) is 21.5. The van der Waals surface area contributed by atoms with Crippen molar-refractivity contribution >= 4 is 23.6 Å². The van der Waals surface area contributed by atoms with Crippen LogP contribution in [0.15, 0.2) is 54.6 Å². The van der Waals surface area contributed by atoms with E-state index in [4.69, 9.17) is 0 Å². The number of aliphatic carboxylic acids is 1. The number of thioether (sulfide) groups is 1. The predicted molar refractivity (Wildman–Crippen MR) is 108 cm³/mol. The van der Waals surface area contributed by atoms with E-state index in [0.29, 0.717) is 16.9 Å². The number of carbonyl (C=O) groups excluding carboxylic acids is 2. The lowest BCUT2D eigenvalue weighted by atomic mass is 10.1. The van der Waals surface area contributed by atoms with E-state index in [9.17, 15) is 19.8 Å². The van der Waals surface area contributed by atoms with Crippen molar-refractivity contribution in [2.24, 2.45) is 0 Å². The molecule has 2 rings (SSSR count). The van der Waals surface area contributed by atoms with E-state index in [2.05, 4.69) is 17.2 Å². The Morgan fingerprint density at radius 2 is 1.79 bits per heavy atom. The number of rotatable bonds is 7. The number of carboxylic acid groups (broad SMARTS) is 1. The number of hydrogen-bond donors (Lipinski definition) is 2. The van der Waals surface area contributed by atoms with Gasteiger partial charge in [0.1, 0.15) is 5.60 Å². The lowest BCUT2D eigenvalue weighted by Gasteiger charge is -2.19. The third-order valence-electron chi connectivity index (χ3n) is 3.65. The number of aliphatic hydroxyl groups is 1. The largest absolute Gasteiger partial charge is 0.548 e. The molecule has 1 atom stereocenters. The number of carboxylic acids is 1. The number of nitrogens with one attached hydrogen (secondary N) is 1. The zero-order valence-electron chi connectivity index (χ0n) is 15.8. The van der Waals surface area contributed by atoms with E-state index in [-0.39, 0.29) is 5.75 Å². The molecule has 0 fully saturated rings. The molecule has 0 spiro atoms. The topological polar surface area (TPSA) is 89.5 Å². The average Bonchev–Trinajstić information content (AvgIpc) is 2.66. The van der Waals surface area contributed by atoms with Crippen molar-refractivity contribution in [2.45, 2.75) is 31.2 Å². The van der Waals surface area contributed by atoms with Crippen molar-refractivity contribution < 1.29 is 19.8 Å². The molecule has 2 aromatic carbocycles. The Hall–Kier alpha value is -2.75. The molecular formula is C22H22NO4S-. The highest BCUT2D eigenvalue weighted by molar-refractivity contribution is 7.98. The Balaban J connectivity index is 1.94. The van der Waals surface area contributed by atoms with Gasteiger partial charge in [0.2, 0.25) is 0 Å². The van der Waals surface area contributed by atoms with Crippen LogP contribution in [0.5, 0.6) is 0 Å². The number of hydrogen-bond acceptors (Lipinski definition) is 5. The van der Waals surface area contributed by atoms with Crippen LogP contribution in [0.2, 0.25) is 0 Å². The second-order valence-electron chi connectivity index (χ2n) is 6.73. The maximum Gasteiger partial charge on any atom is 0.251 e. The molecule has 0 saturated carbocycles. The molecule has 0 aliphatic heterocycles. The molecule has 0 bridgehead atoms. The Bertz CT molecular complexity index is 861. The van der Waals surface area contributed by atoms with Gasteiger partial charge in [0.15, 0.2) is 0 Å². The van der Waals surface area contributed by atoms with Gasteiger partial charge in [0.25, 0.3) is 5.91 Å². The summed E-state index contributed by atoms with van der Waals surface area (Å²) in [5, 5.41) is 23.5. The van der Waals surface area contributed by atoms with Gasteiger partial charge in [-0.3, -0.25) is 4.79 Å². The smallest absolute Gasteiger partial charge is 0.251 e. The summed E-state index contributed by atoms with van der Waals surface area (Å²) >= 11 is 1.41. The van der Waals surface area contributed by atoms with Gasteiger partial charge in [0, 0.05) is 22.6 Å². The van der Waals surface area contributed by atoms with Gasteiger partial charge in [-0.15, -0.1) is 0 Å². The predicted octanol–water partition coefficient (Wildman–Crippen LogP) is 1.59. The summed E-state index contributed by atoms with van der Waals surface area (Å²) in [6, 6.07) is 15.0. The molecular weight excluding hydrogens is 374 g/mol. The zero-order valence-corrected chi connectivity index (χ0v) is 16.6. The Kier molecular flexibility index (Phi) is 7.68. The monoisotopic (exact) mass is 396 g/mol. The van der Waals surface area contributed by atoms with Gasteiger partial charge < -0.3 is 20.3 Å². The quantitative estimate of drug-likeness (QED) is 0.694. The summed E-state index contributed by atoms with van der Waals surface area (Å²) in [6.07, 6.45) is 0. The van der Waals surface area contributed by atoms with E-state index in [1.54, 1.807) is 38.1 Å². The first-order valence-corrected chi connectivity index (χ1v) is 9.89. The van der Waals surface area contributed by atoms with E-state index in [1.807, 2.05) is 30.3 Å². The normalized spacial score (nSPS) is 11.8. The third kappa shape index (κ3) is 7.47. The van der Waals surface area contributed by atoms with Gasteiger partial charge >= 0.3 is 0 Å². The molecule has 0 aliphatic carbocycles. The SMILES string of the molecule is CC(C)(O)C#Cc1ccc(C(=O)N[C@H](CSCc2ccccc2)C(=O)[O-])cc1. The number of amides is 1.